The molecule has 0 aliphatic carbocycles. The minimum atomic E-state index is -0.474. The van der Waals surface area contributed by atoms with Crippen LogP contribution in [0.15, 0.2) is 18.3 Å². The lowest BCUT2D eigenvalue weighted by atomic mass is 10.1. The zero-order valence-corrected chi connectivity index (χ0v) is 12.5. The Labute approximate surface area is 115 Å². The number of alkyl carbamates (subject to hydrolysis) is 1. The summed E-state index contributed by atoms with van der Waals surface area (Å²) >= 11 is 0. The van der Waals surface area contributed by atoms with E-state index in [1.165, 1.54) is 0 Å². The van der Waals surface area contributed by atoms with E-state index in [9.17, 15) is 4.79 Å². The average molecular weight is 267 g/mol. The van der Waals surface area contributed by atoms with Gasteiger partial charge in [0, 0.05) is 25.0 Å². The second-order valence-corrected chi connectivity index (χ2v) is 6.31. The van der Waals surface area contributed by atoms with Crippen molar-refractivity contribution in [2.45, 2.75) is 52.3 Å². The van der Waals surface area contributed by atoms with Gasteiger partial charge in [-0.1, -0.05) is 0 Å². The van der Waals surface area contributed by atoms with E-state index < -0.39 is 5.60 Å². The molecule has 0 saturated carbocycles. The van der Waals surface area contributed by atoms with Gasteiger partial charge >= 0.3 is 6.09 Å². The van der Waals surface area contributed by atoms with Crippen LogP contribution in [-0.4, -0.2) is 28.8 Å². The summed E-state index contributed by atoms with van der Waals surface area (Å²) < 4.78 is 5.24. The van der Waals surface area contributed by atoms with Gasteiger partial charge in [0.15, 0.2) is 0 Å². The van der Waals surface area contributed by atoms with E-state index in [4.69, 9.17) is 4.74 Å². The second-order valence-electron chi connectivity index (χ2n) is 6.31. The molecular formula is C14H25N3O2. The van der Waals surface area contributed by atoms with Crippen LogP contribution in [0, 0.1) is 0 Å². The minimum Gasteiger partial charge on any atom is -0.444 e. The van der Waals surface area contributed by atoms with E-state index in [2.05, 4.69) is 15.6 Å². The molecule has 0 aliphatic rings. The predicted molar refractivity (Wildman–Crippen MR) is 75.9 cm³/mol. The predicted octanol–water partition coefficient (Wildman–Crippen LogP) is 2.41. The van der Waals surface area contributed by atoms with Crippen molar-refractivity contribution in [3.05, 3.63) is 24.0 Å². The van der Waals surface area contributed by atoms with Gasteiger partial charge in [0.05, 0.1) is 5.54 Å². The fourth-order valence-electron chi connectivity index (χ4n) is 1.61. The zero-order chi connectivity index (χ0) is 14.5. The smallest absolute Gasteiger partial charge is 0.408 e. The van der Waals surface area contributed by atoms with Crippen LogP contribution in [0.1, 0.15) is 40.3 Å². The highest BCUT2D eigenvalue weighted by Crippen LogP contribution is 2.09. The standard InChI is InChI=1S/C14H25N3O2/c1-13(2,3)19-12(18)17-14(4,5)10-15-9-11-7-6-8-16-11/h6-8,15-16H,9-10H2,1-5H3,(H,17,18). The van der Waals surface area contributed by atoms with Crippen molar-refractivity contribution >= 4 is 6.09 Å². The van der Waals surface area contributed by atoms with Crippen molar-refractivity contribution in [1.29, 1.82) is 0 Å². The normalized spacial score (nSPS) is 12.3. The first kappa shape index (κ1) is 15.6. The fourth-order valence-corrected chi connectivity index (χ4v) is 1.61. The number of hydrogen-bond donors (Lipinski definition) is 3. The van der Waals surface area contributed by atoms with Crippen LogP contribution in [0.2, 0.25) is 0 Å². The van der Waals surface area contributed by atoms with E-state index in [-0.39, 0.29) is 11.6 Å². The molecule has 0 unspecified atom stereocenters. The Bertz CT molecular complexity index is 391. The van der Waals surface area contributed by atoms with E-state index in [1.54, 1.807) is 0 Å². The molecule has 108 valence electrons. The number of carbonyl (C=O) groups is 1. The molecule has 1 aromatic rings. The fraction of sp³-hybridized carbons (Fsp3) is 0.643. The van der Waals surface area contributed by atoms with E-state index >= 15 is 0 Å². The van der Waals surface area contributed by atoms with E-state index in [0.717, 1.165) is 12.2 Å². The van der Waals surface area contributed by atoms with Gasteiger partial charge in [-0.2, -0.15) is 0 Å². The van der Waals surface area contributed by atoms with E-state index in [0.29, 0.717) is 6.54 Å². The third-order valence-corrected chi connectivity index (χ3v) is 2.38. The molecule has 0 bridgehead atoms. The van der Waals surface area contributed by atoms with Crippen molar-refractivity contribution < 1.29 is 9.53 Å². The SMILES string of the molecule is CC(C)(CNCc1ccc[nH]1)NC(=O)OC(C)(C)C. The van der Waals surface area contributed by atoms with Crippen molar-refractivity contribution in [3.63, 3.8) is 0 Å². The highest BCUT2D eigenvalue weighted by Gasteiger charge is 2.24. The minimum absolute atomic E-state index is 0.366. The molecule has 1 amide bonds. The number of aromatic nitrogens is 1. The van der Waals surface area contributed by atoms with E-state index in [1.807, 2.05) is 52.9 Å². The summed E-state index contributed by atoms with van der Waals surface area (Å²) in [4.78, 5) is 14.8. The third-order valence-electron chi connectivity index (χ3n) is 2.38. The highest BCUT2D eigenvalue weighted by molar-refractivity contribution is 5.68. The molecule has 0 spiro atoms. The number of hydrogen-bond acceptors (Lipinski definition) is 3. The summed E-state index contributed by atoms with van der Waals surface area (Å²) in [5.41, 5.74) is 0.278. The molecule has 0 fully saturated rings. The highest BCUT2D eigenvalue weighted by atomic mass is 16.6. The van der Waals surface area contributed by atoms with Gasteiger partial charge in [-0.3, -0.25) is 0 Å². The van der Waals surface area contributed by atoms with Crippen LogP contribution in [0.3, 0.4) is 0 Å². The molecule has 1 rings (SSSR count). The summed E-state index contributed by atoms with van der Waals surface area (Å²) in [7, 11) is 0. The molecule has 5 nitrogen and oxygen atoms in total. The van der Waals surface area contributed by atoms with Crippen molar-refractivity contribution in [2.75, 3.05) is 6.54 Å². The first-order valence-corrected chi connectivity index (χ1v) is 6.52. The van der Waals surface area contributed by atoms with Crippen molar-refractivity contribution in [3.8, 4) is 0 Å². The van der Waals surface area contributed by atoms with Crippen LogP contribution in [0.5, 0.6) is 0 Å². The van der Waals surface area contributed by atoms with Gasteiger partial charge in [0.2, 0.25) is 0 Å². The lowest BCUT2D eigenvalue weighted by molar-refractivity contribution is 0.0472. The van der Waals surface area contributed by atoms with Crippen molar-refractivity contribution in [1.82, 2.24) is 15.6 Å². The summed E-state index contributed by atoms with van der Waals surface area (Å²) in [5.74, 6) is 0. The molecule has 0 saturated heterocycles. The van der Waals surface area contributed by atoms with Crippen LogP contribution >= 0.6 is 0 Å². The Morgan fingerprint density at radius 3 is 2.53 bits per heavy atom. The Kier molecular flexibility index (Phi) is 5.00. The van der Waals surface area contributed by atoms with Gasteiger partial charge in [-0.05, 0) is 46.8 Å². The molecule has 0 aliphatic heterocycles. The number of ether oxygens (including phenoxy) is 1. The third kappa shape index (κ3) is 6.86. The topological polar surface area (TPSA) is 66.2 Å². The number of aromatic amines is 1. The van der Waals surface area contributed by atoms with Crippen LogP contribution in [0.25, 0.3) is 0 Å². The zero-order valence-electron chi connectivity index (χ0n) is 12.5. The van der Waals surface area contributed by atoms with Gasteiger partial charge in [-0.25, -0.2) is 4.79 Å². The molecule has 5 heteroatoms. The van der Waals surface area contributed by atoms with Crippen molar-refractivity contribution in [2.24, 2.45) is 0 Å². The van der Waals surface area contributed by atoms with Gasteiger partial charge < -0.3 is 20.4 Å². The van der Waals surface area contributed by atoms with Gasteiger partial charge in [0.25, 0.3) is 0 Å². The van der Waals surface area contributed by atoms with Crippen LogP contribution < -0.4 is 10.6 Å². The lowest BCUT2D eigenvalue weighted by Gasteiger charge is -2.28. The van der Waals surface area contributed by atoms with Crippen LogP contribution in [-0.2, 0) is 11.3 Å². The maximum absolute atomic E-state index is 11.7. The Hall–Kier alpha value is -1.49. The molecule has 1 heterocycles. The summed E-state index contributed by atoms with van der Waals surface area (Å²) in [6, 6.07) is 3.97. The quantitative estimate of drug-likeness (QED) is 0.767. The molecule has 1 aromatic heterocycles. The molecule has 0 atom stereocenters. The van der Waals surface area contributed by atoms with Gasteiger partial charge in [-0.15, -0.1) is 0 Å². The van der Waals surface area contributed by atoms with Gasteiger partial charge in [0.1, 0.15) is 5.60 Å². The Morgan fingerprint density at radius 1 is 1.32 bits per heavy atom. The van der Waals surface area contributed by atoms with Crippen LogP contribution in [0.4, 0.5) is 4.79 Å². The Morgan fingerprint density at radius 2 is 2.00 bits per heavy atom. The molecule has 0 aromatic carbocycles. The number of carbonyl (C=O) groups excluding carboxylic acids is 1. The Balaban J connectivity index is 2.32. The maximum Gasteiger partial charge on any atom is 0.408 e. The number of amides is 1. The molecule has 0 radical (unpaired) electrons. The first-order valence-electron chi connectivity index (χ1n) is 6.52. The monoisotopic (exact) mass is 267 g/mol. The first-order chi connectivity index (χ1) is 8.68. The number of H-pyrrole nitrogens is 1. The molecule has 19 heavy (non-hydrogen) atoms. The number of rotatable bonds is 5. The average Bonchev–Trinajstić information content (AvgIpc) is 2.65. The second kappa shape index (κ2) is 6.10. The molecule has 3 N–H and O–H groups in total. The molecular weight excluding hydrogens is 242 g/mol. The maximum atomic E-state index is 11.7. The lowest BCUT2D eigenvalue weighted by Crippen LogP contribution is -2.51. The summed E-state index contributed by atoms with van der Waals surface area (Å²) in [6.45, 7) is 10.9. The number of nitrogens with one attached hydrogen (secondary N) is 3. The summed E-state index contributed by atoms with van der Waals surface area (Å²) in [6.07, 6.45) is 1.50. The summed E-state index contributed by atoms with van der Waals surface area (Å²) in [5, 5.41) is 6.15. The largest absolute Gasteiger partial charge is 0.444 e.